The number of hydrogen-bond donors (Lipinski definition) is 0. The number of thiophene rings is 1. The molecule has 7 aromatic carbocycles. The molecule has 0 saturated carbocycles. The van der Waals surface area contributed by atoms with Gasteiger partial charge < -0.3 is 0 Å². The van der Waals surface area contributed by atoms with Crippen molar-refractivity contribution in [3.05, 3.63) is 157 Å². The number of fused-ring (bicyclic) bond motifs is 12. The molecule has 0 fully saturated rings. The van der Waals surface area contributed by atoms with Crippen LogP contribution in [-0.4, -0.2) is 9.97 Å². The van der Waals surface area contributed by atoms with Gasteiger partial charge in [0, 0.05) is 48.1 Å². The molecule has 234 valence electrons. The van der Waals surface area contributed by atoms with Crippen LogP contribution in [-0.2, 0) is 5.41 Å². The largest absolute Gasteiger partial charge is 0.254 e. The lowest BCUT2D eigenvalue weighted by atomic mass is 9.81. The van der Waals surface area contributed by atoms with Gasteiger partial charge in [-0.1, -0.05) is 117 Å². The van der Waals surface area contributed by atoms with Crippen molar-refractivity contribution in [1.29, 1.82) is 0 Å². The van der Waals surface area contributed by atoms with Crippen molar-refractivity contribution in [1.82, 2.24) is 9.97 Å². The number of hydrogen-bond acceptors (Lipinski definition) is 3. The fraction of sp³-hybridized carbons (Fsp3) is 0.0638. The Labute approximate surface area is 293 Å². The highest BCUT2D eigenvalue weighted by molar-refractivity contribution is 7.25. The first kappa shape index (κ1) is 28.0. The van der Waals surface area contributed by atoms with E-state index in [0.717, 1.165) is 33.1 Å². The summed E-state index contributed by atoms with van der Waals surface area (Å²) in [5, 5.41) is 9.84. The minimum atomic E-state index is -0.112. The Bertz CT molecular complexity index is 3080. The molecule has 10 aromatic rings. The summed E-state index contributed by atoms with van der Waals surface area (Å²) in [6, 6.07) is 51.4. The highest BCUT2D eigenvalue weighted by atomic mass is 32.1. The number of benzene rings is 7. The highest BCUT2D eigenvalue weighted by Gasteiger charge is 2.36. The third kappa shape index (κ3) is 3.84. The van der Waals surface area contributed by atoms with E-state index in [0.29, 0.717) is 0 Å². The smallest absolute Gasteiger partial charge is 0.0972 e. The third-order valence-electron chi connectivity index (χ3n) is 11.1. The Morgan fingerprint density at radius 3 is 2.12 bits per heavy atom. The molecule has 0 radical (unpaired) electrons. The van der Waals surface area contributed by atoms with Crippen LogP contribution in [0.5, 0.6) is 0 Å². The normalized spacial score (nSPS) is 13.6. The number of aromatic nitrogens is 2. The van der Waals surface area contributed by atoms with Crippen LogP contribution in [0.3, 0.4) is 0 Å². The second kappa shape index (κ2) is 10.1. The molecule has 2 nitrogen and oxygen atoms in total. The molecule has 0 spiro atoms. The predicted octanol–water partition coefficient (Wildman–Crippen LogP) is 13.1. The summed E-state index contributed by atoms with van der Waals surface area (Å²) in [6.45, 7) is 4.78. The molecular weight excluding hydrogens is 625 g/mol. The van der Waals surface area contributed by atoms with Gasteiger partial charge in [-0.25, -0.2) is 4.98 Å². The lowest BCUT2D eigenvalue weighted by molar-refractivity contribution is 0.661. The Balaban J connectivity index is 1.13. The minimum absolute atomic E-state index is 0.112. The van der Waals surface area contributed by atoms with Crippen molar-refractivity contribution in [3.8, 4) is 33.5 Å². The Kier molecular flexibility index (Phi) is 5.64. The molecule has 3 aromatic heterocycles. The van der Waals surface area contributed by atoms with Gasteiger partial charge in [0.25, 0.3) is 0 Å². The zero-order chi connectivity index (χ0) is 33.1. The number of nitrogens with zero attached hydrogens (tertiary/aromatic N) is 2. The summed E-state index contributed by atoms with van der Waals surface area (Å²) in [7, 11) is 0. The van der Waals surface area contributed by atoms with Crippen LogP contribution in [0.1, 0.15) is 25.0 Å². The predicted molar refractivity (Wildman–Crippen MR) is 213 cm³/mol. The Morgan fingerprint density at radius 2 is 1.20 bits per heavy atom. The van der Waals surface area contributed by atoms with E-state index in [1.54, 1.807) is 0 Å². The molecule has 0 unspecified atom stereocenters. The molecule has 0 N–H and O–H groups in total. The summed E-state index contributed by atoms with van der Waals surface area (Å²) in [4.78, 5) is 10.0. The van der Waals surface area contributed by atoms with Crippen molar-refractivity contribution in [2.75, 3.05) is 0 Å². The third-order valence-corrected chi connectivity index (χ3v) is 12.2. The van der Waals surface area contributed by atoms with Crippen molar-refractivity contribution in [2.24, 2.45) is 0 Å². The topological polar surface area (TPSA) is 25.8 Å². The average Bonchev–Trinajstić information content (AvgIpc) is 3.64. The second-order valence-corrected chi connectivity index (χ2v) is 15.2. The van der Waals surface area contributed by atoms with E-state index in [9.17, 15) is 0 Å². The van der Waals surface area contributed by atoms with Gasteiger partial charge in [-0.15, -0.1) is 11.3 Å². The average molecular weight is 655 g/mol. The van der Waals surface area contributed by atoms with Crippen LogP contribution < -0.4 is 0 Å². The number of pyridine rings is 2. The molecular formula is C47H30N2S. The van der Waals surface area contributed by atoms with Crippen LogP contribution in [0.2, 0.25) is 0 Å². The fourth-order valence-corrected chi connectivity index (χ4v) is 9.71. The van der Waals surface area contributed by atoms with Crippen LogP contribution in [0, 0.1) is 0 Å². The van der Waals surface area contributed by atoms with E-state index < -0.39 is 0 Å². The number of rotatable bonds is 2. The fourth-order valence-electron chi connectivity index (χ4n) is 8.58. The molecule has 1 aliphatic rings. The Morgan fingerprint density at radius 1 is 0.480 bits per heavy atom. The summed E-state index contributed by atoms with van der Waals surface area (Å²) in [5.74, 6) is 0. The maximum Gasteiger partial charge on any atom is 0.0972 e. The quantitative estimate of drug-likeness (QED) is 0.173. The molecule has 0 saturated heterocycles. The maximum atomic E-state index is 5.30. The van der Waals surface area contributed by atoms with Gasteiger partial charge in [-0.3, -0.25) is 4.98 Å². The molecule has 3 heteroatoms. The Hall–Kier alpha value is -5.90. The van der Waals surface area contributed by atoms with E-state index in [4.69, 9.17) is 9.97 Å². The monoisotopic (exact) mass is 654 g/mol. The molecule has 11 rings (SSSR count). The van der Waals surface area contributed by atoms with Crippen LogP contribution in [0.25, 0.3) is 97.0 Å². The van der Waals surface area contributed by atoms with E-state index in [1.807, 2.05) is 23.6 Å². The SMILES string of the molecule is CC1(C)c2cc(-c3ccc(-c4ccc5ccc6cccnc6c5n4)c4c3ccc3ccccc34)ccc2-c2cc3c(cc21)sc1ccccc13. The van der Waals surface area contributed by atoms with Gasteiger partial charge in [0.1, 0.15) is 0 Å². The van der Waals surface area contributed by atoms with Gasteiger partial charge in [0.05, 0.1) is 16.7 Å². The van der Waals surface area contributed by atoms with Gasteiger partial charge in [0.15, 0.2) is 0 Å². The summed E-state index contributed by atoms with van der Waals surface area (Å²) >= 11 is 1.90. The van der Waals surface area contributed by atoms with E-state index in [1.165, 1.54) is 75.1 Å². The van der Waals surface area contributed by atoms with Gasteiger partial charge in [0.2, 0.25) is 0 Å². The summed E-state index contributed by atoms with van der Waals surface area (Å²) in [6.07, 6.45) is 1.86. The maximum absolute atomic E-state index is 5.30. The lowest BCUT2D eigenvalue weighted by Gasteiger charge is -2.22. The molecule has 0 atom stereocenters. The van der Waals surface area contributed by atoms with Crippen LogP contribution in [0.4, 0.5) is 0 Å². The van der Waals surface area contributed by atoms with Gasteiger partial charge >= 0.3 is 0 Å². The summed E-state index contributed by atoms with van der Waals surface area (Å²) in [5.41, 5.74) is 11.9. The highest BCUT2D eigenvalue weighted by Crippen LogP contribution is 2.53. The first-order valence-electron chi connectivity index (χ1n) is 17.2. The van der Waals surface area contributed by atoms with Crippen molar-refractivity contribution < 1.29 is 0 Å². The molecule has 50 heavy (non-hydrogen) atoms. The molecule has 0 bridgehead atoms. The first-order chi connectivity index (χ1) is 24.5. The standard InChI is InChI=1S/C47H30N2S/c1-47(2)39-24-30(16-18-33(39)37-25-38-34-11-5-6-12-42(34)50-43(38)26-40(37)47)31-20-21-36(44-32-10-4-3-8-27(32)15-19-35(31)44)41-22-17-29-14-13-28-9-7-23-48-45(28)46(29)49-41/h3-26H,1-2H3. The zero-order valence-corrected chi connectivity index (χ0v) is 28.5. The molecule has 0 amide bonds. The first-order valence-corrected chi connectivity index (χ1v) is 18.0. The van der Waals surface area contributed by atoms with Crippen molar-refractivity contribution in [3.63, 3.8) is 0 Å². The van der Waals surface area contributed by atoms with Gasteiger partial charge in [-0.2, -0.15) is 0 Å². The van der Waals surface area contributed by atoms with E-state index in [2.05, 4.69) is 147 Å². The van der Waals surface area contributed by atoms with Crippen LogP contribution >= 0.6 is 11.3 Å². The zero-order valence-electron chi connectivity index (χ0n) is 27.7. The molecule has 1 aliphatic carbocycles. The minimum Gasteiger partial charge on any atom is -0.254 e. The lowest BCUT2D eigenvalue weighted by Crippen LogP contribution is -2.15. The molecule has 3 heterocycles. The second-order valence-electron chi connectivity index (χ2n) is 14.2. The van der Waals surface area contributed by atoms with Crippen LogP contribution in [0.15, 0.2) is 146 Å². The summed E-state index contributed by atoms with van der Waals surface area (Å²) < 4.78 is 2.72. The van der Waals surface area contributed by atoms with E-state index >= 15 is 0 Å². The van der Waals surface area contributed by atoms with Crippen molar-refractivity contribution >= 4 is 74.9 Å². The van der Waals surface area contributed by atoms with E-state index in [-0.39, 0.29) is 5.41 Å². The molecule has 0 aliphatic heterocycles. The van der Waals surface area contributed by atoms with Crippen molar-refractivity contribution in [2.45, 2.75) is 19.3 Å². The van der Waals surface area contributed by atoms with Gasteiger partial charge in [-0.05, 0) is 91.3 Å².